The van der Waals surface area contributed by atoms with Crippen molar-refractivity contribution in [2.24, 2.45) is 0 Å². The fourth-order valence-electron chi connectivity index (χ4n) is 3.21. The Labute approximate surface area is 127 Å². The van der Waals surface area contributed by atoms with E-state index in [1.165, 1.54) is 5.56 Å². The summed E-state index contributed by atoms with van der Waals surface area (Å²) in [5.41, 5.74) is 1.36. The van der Waals surface area contributed by atoms with E-state index in [1.54, 1.807) is 0 Å². The number of hydrogen-bond acceptors (Lipinski definition) is 4. The number of rotatable bonds is 5. The normalized spacial score (nSPS) is 24.1. The van der Waals surface area contributed by atoms with Crippen molar-refractivity contribution in [1.29, 1.82) is 0 Å². The molecule has 2 atom stereocenters. The Balaban J connectivity index is 1.49. The molecule has 2 aliphatic rings. The zero-order valence-electron chi connectivity index (χ0n) is 12.9. The van der Waals surface area contributed by atoms with E-state index in [2.05, 4.69) is 41.4 Å². The molecule has 0 saturated carbocycles. The van der Waals surface area contributed by atoms with Crippen molar-refractivity contribution in [2.75, 3.05) is 46.0 Å². The largest absolute Gasteiger partial charge is 0.493 e. The summed E-state index contributed by atoms with van der Waals surface area (Å²) in [7, 11) is 0. The third kappa shape index (κ3) is 3.96. The van der Waals surface area contributed by atoms with Gasteiger partial charge >= 0.3 is 0 Å². The van der Waals surface area contributed by atoms with E-state index in [4.69, 9.17) is 9.47 Å². The maximum absolute atomic E-state index is 5.73. The lowest BCUT2D eigenvalue weighted by Gasteiger charge is -2.31. The molecule has 1 fully saturated rings. The smallest absolute Gasteiger partial charge is 0.122 e. The van der Waals surface area contributed by atoms with Gasteiger partial charge in [-0.05, 0) is 25.0 Å². The third-order valence-electron chi connectivity index (χ3n) is 4.43. The van der Waals surface area contributed by atoms with Gasteiger partial charge in [-0.3, -0.25) is 4.90 Å². The van der Waals surface area contributed by atoms with Crippen molar-refractivity contribution in [3.63, 3.8) is 0 Å². The fraction of sp³-hybridized carbons (Fsp3) is 0.647. The van der Waals surface area contributed by atoms with Crippen molar-refractivity contribution < 1.29 is 9.47 Å². The Hall–Kier alpha value is -1.10. The quantitative estimate of drug-likeness (QED) is 0.897. The molecule has 3 rings (SSSR count). The van der Waals surface area contributed by atoms with Crippen LogP contribution in [0.5, 0.6) is 5.75 Å². The highest BCUT2D eigenvalue weighted by Gasteiger charge is 2.21. The molecular formula is C17H26N2O2. The van der Waals surface area contributed by atoms with Crippen LogP contribution in [0, 0.1) is 0 Å². The van der Waals surface area contributed by atoms with Crippen LogP contribution < -0.4 is 10.1 Å². The van der Waals surface area contributed by atoms with E-state index >= 15 is 0 Å². The maximum Gasteiger partial charge on any atom is 0.122 e. The van der Waals surface area contributed by atoms with Gasteiger partial charge in [-0.15, -0.1) is 0 Å². The highest BCUT2D eigenvalue weighted by molar-refractivity contribution is 5.37. The van der Waals surface area contributed by atoms with Crippen LogP contribution in [0.3, 0.4) is 0 Å². The van der Waals surface area contributed by atoms with Gasteiger partial charge in [0.25, 0.3) is 0 Å². The highest BCUT2D eigenvalue weighted by Crippen LogP contribution is 2.32. The number of nitrogens with zero attached hydrogens (tertiary/aromatic N) is 1. The first-order valence-electron chi connectivity index (χ1n) is 8.08. The Bertz CT molecular complexity index is 446. The molecule has 0 amide bonds. The molecule has 4 nitrogen and oxygen atoms in total. The fourth-order valence-corrected chi connectivity index (χ4v) is 3.21. The van der Waals surface area contributed by atoms with Crippen LogP contribution in [-0.4, -0.2) is 56.9 Å². The van der Waals surface area contributed by atoms with Crippen molar-refractivity contribution in [1.82, 2.24) is 10.2 Å². The summed E-state index contributed by atoms with van der Waals surface area (Å²) in [6.07, 6.45) is 1.11. The van der Waals surface area contributed by atoms with E-state index in [-0.39, 0.29) is 0 Å². The van der Waals surface area contributed by atoms with E-state index in [0.717, 1.165) is 58.2 Å². The molecular weight excluding hydrogens is 264 g/mol. The first-order chi connectivity index (χ1) is 10.3. The number of benzene rings is 1. The lowest BCUT2D eigenvalue weighted by atomic mass is 9.93. The lowest BCUT2D eigenvalue weighted by Crippen LogP contribution is -2.45. The molecule has 0 bridgehead atoms. The van der Waals surface area contributed by atoms with E-state index in [9.17, 15) is 0 Å². The number of ether oxygens (including phenoxy) is 2. The second kappa shape index (κ2) is 7.25. The van der Waals surface area contributed by atoms with Gasteiger partial charge < -0.3 is 14.8 Å². The predicted molar refractivity (Wildman–Crippen MR) is 84.0 cm³/mol. The number of morpholine rings is 1. The van der Waals surface area contributed by atoms with Crippen LogP contribution in [0.1, 0.15) is 24.8 Å². The molecule has 1 aromatic carbocycles. The Morgan fingerprint density at radius 3 is 2.90 bits per heavy atom. The summed E-state index contributed by atoms with van der Waals surface area (Å²) in [4.78, 5) is 2.49. The Kier molecular flexibility index (Phi) is 5.12. The molecule has 1 saturated heterocycles. The molecule has 116 valence electrons. The van der Waals surface area contributed by atoms with Crippen molar-refractivity contribution in [2.45, 2.75) is 25.3 Å². The zero-order valence-corrected chi connectivity index (χ0v) is 12.9. The average Bonchev–Trinajstić information content (AvgIpc) is 2.54. The molecule has 1 N–H and O–H groups in total. The maximum atomic E-state index is 5.73. The van der Waals surface area contributed by atoms with Crippen molar-refractivity contribution in [3.05, 3.63) is 29.8 Å². The summed E-state index contributed by atoms with van der Waals surface area (Å²) < 4.78 is 11.1. The first kappa shape index (κ1) is 14.8. The van der Waals surface area contributed by atoms with Crippen LogP contribution in [0.2, 0.25) is 0 Å². The molecule has 0 spiro atoms. The third-order valence-corrected chi connectivity index (χ3v) is 4.43. The van der Waals surface area contributed by atoms with Gasteiger partial charge in [0.1, 0.15) is 5.75 Å². The molecule has 4 heteroatoms. The summed E-state index contributed by atoms with van der Waals surface area (Å²) >= 11 is 0. The number of para-hydroxylation sites is 1. The van der Waals surface area contributed by atoms with Gasteiger partial charge in [0.15, 0.2) is 0 Å². The standard InChI is InChI=1S/C17H26N2O2/c1-14(13-19-7-10-20-11-8-19)18-12-15-6-9-21-17-5-3-2-4-16(15)17/h2-5,14-15,18H,6-13H2,1H3. The molecule has 0 radical (unpaired) electrons. The average molecular weight is 290 g/mol. The molecule has 2 heterocycles. The van der Waals surface area contributed by atoms with Crippen molar-refractivity contribution >= 4 is 0 Å². The van der Waals surface area contributed by atoms with Gasteiger partial charge in [-0.2, -0.15) is 0 Å². The molecule has 1 aromatic rings. The summed E-state index contributed by atoms with van der Waals surface area (Å²) in [6, 6.07) is 8.96. The van der Waals surface area contributed by atoms with Crippen LogP contribution in [0.4, 0.5) is 0 Å². The van der Waals surface area contributed by atoms with Crippen LogP contribution in [0.15, 0.2) is 24.3 Å². The summed E-state index contributed by atoms with van der Waals surface area (Å²) in [5, 5.41) is 3.70. The topological polar surface area (TPSA) is 33.7 Å². The predicted octanol–water partition coefficient (Wildman–Crippen LogP) is 1.86. The van der Waals surface area contributed by atoms with E-state index in [0.29, 0.717) is 12.0 Å². The Morgan fingerprint density at radius 1 is 1.24 bits per heavy atom. The number of fused-ring (bicyclic) bond motifs is 1. The van der Waals surface area contributed by atoms with E-state index < -0.39 is 0 Å². The Morgan fingerprint density at radius 2 is 2.05 bits per heavy atom. The lowest BCUT2D eigenvalue weighted by molar-refractivity contribution is 0.0343. The molecule has 2 aliphatic heterocycles. The van der Waals surface area contributed by atoms with Gasteiger partial charge in [-0.1, -0.05) is 18.2 Å². The summed E-state index contributed by atoms with van der Waals surface area (Å²) in [6.45, 7) is 9.13. The highest BCUT2D eigenvalue weighted by atomic mass is 16.5. The van der Waals surface area contributed by atoms with Gasteiger partial charge in [0.2, 0.25) is 0 Å². The van der Waals surface area contributed by atoms with Crippen molar-refractivity contribution in [3.8, 4) is 5.75 Å². The summed E-state index contributed by atoms with van der Waals surface area (Å²) in [5.74, 6) is 1.64. The monoisotopic (exact) mass is 290 g/mol. The molecule has 2 unspecified atom stereocenters. The molecule has 0 aromatic heterocycles. The van der Waals surface area contributed by atoms with E-state index in [1.807, 2.05) is 0 Å². The van der Waals surface area contributed by atoms with Gasteiger partial charge in [-0.25, -0.2) is 0 Å². The minimum atomic E-state index is 0.512. The zero-order chi connectivity index (χ0) is 14.5. The molecule has 0 aliphatic carbocycles. The second-order valence-corrected chi connectivity index (χ2v) is 6.09. The van der Waals surface area contributed by atoms with Gasteiger partial charge in [0, 0.05) is 38.1 Å². The molecule has 21 heavy (non-hydrogen) atoms. The SMILES string of the molecule is CC(CN1CCOCC1)NCC1CCOc2ccccc21. The number of nitrogens with one attached hydrogen (secondary N) is 1. The minimum absolute atomic E-state index is 0.512. The van der Waals surface area contributed by atoms with Crippen LogP contribution >= 0.6 is 0 Å². The first-order valence-corrected chi connectivity index (χ1v) is 8.08. The number of hydrogen-bond donors (Lipinski definition) is 1. The minimum Gasteiger partial charge on any atom is -0.493 e. The van der Waals surface area contributed by atoms with Crippen LogP contribution in [-0.2, 0) is 4.74 Å². The van der Waals surface area contributed by atoms with Crippen LogP contribution in [0.25, 0.3) is 0 Å². The second-order valence-electron chi connectivity index (χ2n) is 6.09. The van der Waals surface area contributed by atoms with Gasteiger partial charge in [0.05, 0.1) is 19.8 Å².